The minimum Gasteiger partial charge on any atom is -0.313 e. The van der Waals surface area contributed by atoms with Crippen LogP contribution in [0.5, 0.6) is 0 Å². The molecule has 1 saturated heterocycles. The Kier molecular flexibility index (Phi) is 5.30. The third-order valence-corrected chi connectivity index (χ3v) is 4.86. The molecule has 0 bridgehead atoms. The molecular weight excluding hydrogens is 208 g/mol. The molecule has 1 N–H and O–H groups in total. The molecule has 1 aliphatic heterocycles. The highest BCUT2D eigenvalue weighted by atomic mass is 15.2. The van der Waals surface area contributed by atoms with Gasteiger partial charge in [-0.1, -0.05) is 19.8 Å². The second-order valence-corrected chi connectivity index (χ2v) is 6.05. The Labute approximate surface area is 107 Å². The van der Waals surface area contributed by atoms with Crippen LogP contribution in [0, 0.1) is 5.92 Å². The van der Waals surface area contributed by atoms with Gasteiger partial charge in [-0.2, -0.15) is 0 Å². The van der Waals surface area contributed by atoms with E-state index in [9.17, 15) is 0 Å². The average Bonchev–Trinajstić information content (AvgIpc) is 2.98. The van der Waals surface area contributed by atoms with Crippen molar-refractivity contribution in [3.05, 3.63) is 0 Å². The van der Waals surface area contributed by atoms with Gasteiger partial charge in [-0.3, -0.25) is 4.90 Å². The van der Waals surface area contributed by atoms with Crippen LogP contribution in [-0.2, 0) is 0 Å². The molecule has 1 heterocycles. The predicted molar refractivity (Wildman–Crippen MR) is 74.3 cm³/mol. The molecule has 2 fully saturated rings. The van der Waals surface area contributed by atoms with E-state index in [1.807, 2.05) is 0 Å². The Morgan fingerprint density at radius 1 is 1.18 bits per heavy atom. The van der Waals surface area contributed by atoms with Crippen LogP contribution in [-0.4, -0.2) is 36.6 Å². The Hall–Kier alpha value is -0.0800. The summed E-state index contributed by atoms with van der Waals surface area (Å²) in [6.45, 7) is 8.35. The third kappa shape index (κ3) is 3.69. The van der Waals surface area contributed by atoms with E-state index >= 15 is 0 Å². The highest BCUT2D eigenvalue weighted by molar-refractivity contribution is 4.87. The van der Waals surface area contributed by atoms with Crippen molar-refractivity contribution in [2.24, 2.45) is 5.92 Å². The molecule has 0 aromatic carbocycles. The highest BCUT2D eigenvalue weighted by Gasteiger charge is 2.32. The first-order chi connectivity index (χ1) is 8.31. The summed E-state index contributed by atoms with van der Waals surface area (Å²) >= 11 is 0. The molecular formula is C15H30N2. The molecule has 1 saturated carbocycles. The molecule has 2 nitrogen and oxygen atoms in total. The van der Waals surface area contributed by atoms with Gasteiger partial charge in [0.25, 0.3) is 0 Å². The first-order valence-electron chi connectivity index (χ1n) is 7.78. The van der Waals surface area contributed by atoms with Gasteiger partial charge in [-0.25, -0.2) is 0 Å². The van der Waals surface area contributed by atoms with Crippen molar-refractivity contribution >= 4 is 0 Å². The van der Waals surface area contributed by atoms with Gasteiger partial charge in [0.15, 0.2) is 0 Å². The fourth-order valence-corrected chi connectivity index (χ4v) is 3.60. The van der Waals surface area contributed by atoms with Crippen LogP contribution < -0.4 is 5.32 Å². The minimum atomic E-state index is 0.683. The summed E-state index contributed by atoms with van der Waals surface area (Å²) in [5, 5.41) is 3.63. The van der Waals surface area contributed by atoms with Gasteiger partial charge >= 0.3 is 0 Å². The van der Waals surface area contributed by atoms with Crippen LogP contribution in [0.2, 0.25) is 0 Å². The van der Waals surface area contributed by atoms with Crippen molar-refractivity contribution in [2.45, 2.75) is 70.9 Å². The van der Waals surface area contributed by atoms with E-state index < -0.39 is 0 Å². The Balaban J connectivity index is 1.71. The van der Waals surface area contributed by atoms with Crippen LogP contribution in [0.1, 0.15) is 58.8 Å². The first-order valence-corrected chi connectivity index (χ1v) is 7.78. The first kappa shape index (κ1) is 13.4. The molecule has 2 unspecified atom stereocenters. The van der Waals surface area contributed by atoms with Gasteiger partial charge in [-0.15, -0.1) is 0 Å². The lowest BCUT2D eigenvalue weighted by Gasteiger charge is -2.29. The summed E-state index contributed by atoms with van der Waals surface area (Å²) in [5.74, 6) is 1.03. The van der Waals surface area contributed by atoms with Gasteiger partial charge in [0, 0.05) is 25.2 Å². The zero-order chi connectivity index (χ0) is 12.1. The number of hydrogen-bond acceptors (Lipinski definition) is 2. The monoisotopic (exact) mass is 238 g/mol. The van der Waals surface area contributed by atoms with E-state index in [1.54, 1.807) is 0 Å². The summed E-state index contributed by atoms with van der Waals surface area (Å²) in [4.78, 5) is 2.77. The number of nitrogens with zero attached hydrogens (tertiary/aromatic N) is 1. The lowest BCUT2D eigenvalue weighted by molar-refractivity contribution is 0.189. The SMILES string of the molecule is CCC(C)NCCN1CCCC1C1CCCC1. The lowest BCUT2D eigenvalue weighted by atomic mass is 9.96. The van der Waals surface area contributed by atoms with E-state index in [1.165, 1.54) is 64.6 Å². The zero-order valence-electron chi connectivity index (χ0n) is 11.8. The number of nitrogens with one attached hydrogen (secondary N) is 1. The van der Waals surface area contributed by atoms with Crippen LogP contribution in [0.15, 0.2) is 0 Å². The quantitative estimate of drug-likeness (QED) is 0.765. The maximum Gasteiger partial charge on any atom is 0.0124 e. The van der Waals surface area contributed by atoms with Crippen molar-refractivity contribution < 1.29 is 0 Å². The van der Waals surface area contributed by atoms with Gasteiger partial charge in [0.2, 0.25) is 0 Å². The number of likely N-dealkylation sites (tertiary alicyclic amines) is 1. The van der Waals surface area contributed by atoms with Crippen LogP contribution in [0.25, 0.3) is 0 Å². The number of hydrogen-bond donors (Lipinski definition) is 1. The summed E-state index contributed by atoms with van der Waals surface area (Å²) in [7, 11) is 0. The second kappa shape index (κ2) is 6.75. The molecule has 0 aromatic heterocycles. The Bertz CT molecular complexity index is 211. The zero-order valence-corrected chi connectivity index (χ0v) is 11.8. The van der Waals surface area contributed by atoms with Crippen LogP contribution >= 0.6 is 0 Å². The molecule has 1 aliphatic carbocycles. The standard InChI is InChI=1S/C15H30N2/c1-3-13(2)16-10-12-17-11-6-9-15(17)14-7-4-5-8-14/h13-16H,3-12H2,1-2H3. The van der Waals surface area contributed by atoms with Crippen LogP contribution in [0.4, 0.5) is 0 Å². The van der Waals surface area contributed by atoms with Gasteiger partial charge < -0.3 is 5.32 Å². The predicted octanol–water partition coefficient (Wildman–Crippen LogP) is 3.03. The van der Waals surface area contributed by atoms with Crippen LogP contribution in [0.3, 0.4) is 0 Å². The average molecular weight is 238 g/mol. The van der Waals surface area contributed by atoms with Gasteiger partial charge in [-0.05, 0) is 51.5 Å². The fourth-order valence-electron chi connectivity index (χ4n) is 3.60. The van der Waals surface area contributed by atoms with Gasteiger partial charge in [0.1, 0.15) is 0 Å². The maximum absolute atomic E-state index is 3.63. The van der Waals surface area contributed by atoms with E-state index in [0.29, 0.717) is 6.04 Å². The molecule has 17 heavy (non-hydrogen) atoms. The summed E-state index contributed by atoms with van der Waals surface area (Å²) < 4.78 is 0. The Morgan fingerprint density at radius 2 is 1.94 bits per heavy atom. The summed E-state index contributed by atoms with van der Waals surface area (Å²) in [6.07, 6.45) is 10.1. The highest BCUT2D eigenvalue weighted by Crippen LogP contribution is 2.35. The summed E-state index contributed by atoms with van der Waals surface area (Å²) in [5.41, 5.74) is 0. The smallest absolute Gasteiger partial charge is 0.0124 e. The molecule has 2 heteroatoms. The number of rotatable bonds is 6. The normalized spacial score (nSPS) is 28.9. The fraction of sp³-hybridized carbons (Fsp3) is 1.00. The molecule has 2 aliphatic rings. The molecule has 2 rings (SSSR count). The van der Waals surface area contributed by atoms with Crippen molar-refractivity contribution in [1.29, 1.82) is 0 Å². The van der Waals surface area contributed by atoms with E-state index in [2.05, 4.69) is 24.1 Å². The molecule has 0 radical (unpaired) electrons. The second-order valence-electron chi connectivity index (χ2n) is 6.05. The van der Waals surface area contributed by atoms with Crippen molar-refractivity contribution in [2.75, 3.05) is 19.6 Å². The summed E-state index contributed by atoms with van der Waals surface area (Å²) in [6, 6.07) is 1.61. The topological polar surface area (TPSA) is 15.3 Å². The largest absolute Gasteiger partial charge is 0.313 e. The molecule has 2 atom stereocenters. The lowest BCUT2D eigenvalue weighted by Crippen LogP contribution is -2.40. The van der Waals surface area contributed by atoms with E-state index in [4.69, 9.17) is 0 Å². The molecule has 0 spiro atoms. The van der Waals surface area contributed by atoms with E-state index in [-0.39, 0.29) is 0 Å². The molecule has 100 valence electrons. The Morgan fingerprint density at radius 3 is 2.65 bits per heavy atom. The molecule has 0 amide bonds. The van der Waals surface area contributed by atoms with Crippen molar-refractivity contribution in [1.82, 2.24) is 10.2 Å². The maximum atomic E-state index is 3.63. The van der Waals surface area contributed by atoms with E-state index in [0.717, 1.165) is 12.0 Å². The third-order valence-electron chi connectivity index (χ3n) is 4.86. The molecule has 0 aromatic rings. The minimum absolute atomic E-state index is 0.683. The van der Waals surface area contributed by atoms with Crippen molar-refractivity contribution in [3.63, 3.8) is 0 Å². The van der Waals surface area contributed by atoms with Gasteiger partial charge in [0.05, 0.1) is 0 Å². The van der Waals surface area contributed by atoms with Crippen molar-refractivity contribution in [3.8, 4) is 0 Å².